The molecular weight excluding hydrogens is 188 g/mol. The van der Waals surface area contributed by atoms with Gasteiger partial charge in [0, 0.05) is 12.1 Å². The average molecular weight is 200 g/mol. The highest BCUT2D eigenvalue weighted by atomic mass is 16.3. The summed E-state index contributed by atoms with van der Waals surface area (Å²) in [4.78, 5) is 8.10. The van der Waals surface area contributed by atoms with E-state index < -0.39 is 0 Å². The normalized spacial score (nSPS) is 10.2. The number of rotatable bonds is 3. The summed E-state index contributed by atoms with van der Waals surface area (Å²) in [6.07, 6.45) is 2.26. The smallest absolute Gasteiger partial charge is 0.116 e. The Labute approximate surface area is 88.5 Å². The fourth-order valence-electron chi connectivity index (χ4n) is 1.43. The van der Waals surface area contributed by atoms with Crippen LogP contribution in [-0.2, 0) is 13.0 Å². The molecule has 0 spiro atoms. The van der Waals surface area contributed by atoms with E-state index in [-0.39, 0.29) is 6.61 Å². The fraction of sp³-hybridized carbons (Fsp3) is 0.167. The minimum absolute atomic E-state index is 0.0374. The standard InChI is InChI=1S/C12H12N2O/c15-8-12-7-11(13-9-14-12)6-10-4-2-1-3-5-10/h1-5,7,9,15H,6,8H2. The van der Waals surface area contributed by atoms with E-state index in [1.165, 1.54) is 11.9 Å². The van der Waals surface area contributed by atoms with Gasteiger partial charge in [0.15, 0.2) is 0 Å². The fourth-order valence-corrected chi connectivity index (χ4v) is 1.43. The highest BCUT2D eigenvalue weighted by Gasteiger charge is 1.99. The summed E-state index contributed by atoms with van der Waals surface area (Å²) < 4.78 is 0. The zero-order valence-corrected chi connectivity index (χ0v) is 8.30. The molecule has 0 unspecified atom stereocenters. The van der Waals surface area contributed by atoms with Crippen LogP contribution in [0.15, 0.2) is 42.7 Å². The van der Waals surface area contributed by atoms with Gasteiger partial charge in [-0.3, -0.25) is 0 Å². The van der Waals surface area contributed by atoms with E-state index >= 15 is 0 Å². The third-order valence-electron chi connectivity index (χ3n) is 2.17. The number of hydrogen-bond acceptors (Lipinski definition) is 3. The summed E-state index contributed by atoms with van der Waals surface area (Å²) in [5, 5.41) is 8.94. The number of benzene rings is 1. The predicted molar refractivity (Wildman–Crippen MR) is 57.2 cm³/mol. The van der Waals surface area contributed by atoms with Gasteiger partial charge in [0.1, 0.15) is 6.33 Å². The first-order valence-corrected chi connectivity index (χ1v) is 4.83. The van der Waals surface area contributed by atoms with Crippen LogP contribution in [0.3, 0.4) is 0 Å². The van der Waals surface area contributed by atoms with Gasteiger partial charge in [-0.05, 0) is 11.6 Å². The van der Waals surface area contributed by atoms with Gasteiger partial charge in [-0.25, -0.2) is 9.97 Å². The van der Waals surface area contributed by atoms with Crippen LogP contribution < -0.4 is 0 Å². The quantitative estimate of drug-likeness (QED) is 0.817. The lowest BCUT2D eigenvalue weighted by Crippen LogP contribution is -1.96. The van der Waals surface area contributed by atoms with Crippen LogP contribution in [-0.4, -0.2) is 15.1 Å². The average Bonchev–Trinajstić information content (AvgIpc) is 2.31. The van der Waals surface area contributed by atoms with Crippen LogP contribution in [0.1, 0.15) is 17.0 Å². The Kier molecular flexibility index (Phi) is 3.05. The summed E-state index contributed by atoms with van der Waals surface area (Å²) in [6, 6.07) is 11.9. The van der Waals surface area contributed by atoms with E-state index in [1.54, 1.807) is 0 Å². The lowest BCUT2D eigenvalue weighted by Gasteiger charge is -2.01. The highest BCUT2D eigenvalue weighted by Crippen LogP contribution is 2.07. The zero-order valence-electron chi connectivity index (χ0n) is 8.30. The third kappa shape index (κ3) is 2.60. The Hall–Kier alpha value is -1.74. The predicted octanol–water partition coefficient (Wildman–Crippen LogP) is 1.56. The first-order valence-electron chi connectivity index (χ1n) is 4.83. The van der Waals surface area contributed by atoms with Gasteiger partial charge in [0.2, 0.25) is 0 Å². The van der Waals surface area contributed by atoms with Crippen molar-refractivity contribution >= 4 is 0 Å². The minimum Gasteiger partial charge on any atom is -0.390 e. The molecule has 0 amide bonds. The second-order valence-corrected chi connectivity index (χ2v) is 3.32. The Morgan fingerprint density at radius 2 is 1.73 bits per heavy atom. The van der Waals surface area contributed by atoms with Crippen molar-refractivity contribution in [3.63, 3.8) is 0 Å². The van der Waals surface area contributed by atoms with Crippen molar-refractivity contribution in [3.05, 3.63) is 59.7 Å². The lowest BCUT2D eigenvalue weighted by atomic mass is 10.1. The van der Waals surface area contributed by atoms with E-state index in [4.69, 9.17) is 5.11 Å². The van der Waals surface area contributed by atoms with Crippen LogP contribution >= 0.6 is 0 Å². The number of aromatic nitrogens is 2. The van der Waals surface area contributed by atoms with Crippen LogP contribution in [0.5, 0.6) is 0 Å². The van der Waals surface area contributed by atoms with Crippen LogP contribution in [0.25, 0.3) is 0 Å². The van der Waals surface area contributed by atoms with Crippen molar-refractivity contribution < 1.29 is 5.11 Å². The second kappa shape index (κ2) is 4.66. The van der Waals surface area contributed by atoms with Crippen LogP contribution in [0.4, 0.5) is 0 Å². The van der Waals surface area contributed by atoms with E-state index in [1.807, 2.05) is 24.3 Å². The highest BCUT2D eigenvalue weighted by molar-refractivity contribution is 5.21. The van der Waals surface area contributed by atoms with Crippen molar-refractivity contribution in [2.75, 3.05) is 0 Å². The SMILES string of the molecule is OCc1cc(Cc2ccccc2)ncn1. The van der Waals surface area contributed by atoms with Gasteiger partial charge in [0.25, 0.3) is 0 Å². The van der Waals surface area contributed by atoms with Crippen molar-refractivity contribution in [2.24, 2.45) is 0 Å². The molecule has 3 nitrogen and oxygen atoms in total. The lowest BCUT2D eigenvalue weighted by molar-refractivity contribution is 0.276. The molecule has 0 saturated carbocycles. The van der Waals surface area contributed by atoms with E-state index in [0.717, 1.165) is 12.1 Å². The van der Waals surface area contributed by atoms with Crippen molar-refractivity contribution in [1.82, 2.24) is 9.97 Å². The molecule has 3 heteroatoms. The molecule has 0 atom stereocenters. The monoisotopic (exact) mass is 200 g/mol. The Morgan fingerprint density at radius 1 is 1.00 bits per heavy atom. The maximum absolute atomic E-state index is 8.94. The largest absolute Gasteiger partial charge is 0.390 e. The van der Waals surface area contributed by atoms with Gasteiger partial charge >= 0.3 is 0 Å². The van der Waals surface area contributed by atoms with Crippen molar-refractivity contribution in [1.29, 1.82) is 0 Å². The Balaban J connectivity index is 2.17. The molecule has 2 aromatic rings. The first-order chi connectivity index (χ1) is 7.38. The van der Waals surface area contributed by atoms with E-state index in [2.05, 4.69) is 22.1 Å². The molecule has 0 fully saturated rings. The van der Waals surface area contributed by atoms with Crippen LogP contribution in [0.2, 0.25) is 0 Å². The molecule has 0 aliphatic rings. The molecule has 0 aliphatic heterocycles. The van der Waals surface area contributed by atoms with Crippen LogP contribution in [0, 0.1) is 0 Å². The summed E-state index contributed by atoms with van der Waals surface area (Å²) in [6.45, 7) is -0.0374. The number of aliphatic hydroxyl groups excluding tert-OH is 1. The minimum atomic E-state index is -0.0374. The molecule has 1 N–H and O–H groups in total. The molecule has 76 valence electrons. The molecule has 0 radical (unpaired) electrons. The summed E-state index contributed by atoms with van der Waals surface area (Å²) in [5.74, 6) is 0. The second-order valence-electron chi connectivity index (χ2n) is 3.32. The van der Waals surface area contributed by atoms with Gasteiger partial charge in [0.05, 0.1) is 12.3 Å². The van der Waals surface area contributed by atoms with Gasteiger partial charge in [-0.15, -0.1) is 0 Å². The molecule has 0 aliphatic carbocycles. The van der Waals surface area contributed by atoms with Gasteiger partial charge < -0.3 is 5.11 Å². The number of hydrogen-bond donors (Lipinski definition) is 1. The maximum atomic E-state index is 8.94. The Morgan fingerprint density at radius 3 is 2.47 bits per heavy atom. The van der Waals surface area contributed by atoms with Gasteiger partial charge in [-0.1, -0.05) is 30.3 Å². The first kappa shape index (κ1) is 9.80. The maximum Gasteiger partial charge on any atom is 0.116 e. The third-order valence-corrected chi connectivity index (χ3v) is 2.17. The molecule has 0 saturated heterocycles. The van der Waals surface area contributed by atoms with E-state index in [0.29, 0.717) is 5.69 Å². The summed E-state index contributed by atoms with van der Waals surface area (Å²) in [7, 11) is 0. The number of nitrogens with zero attached hydrogens (tertiary/aromatic N) is 2. The Bertz CT molecular complexity index is 429. The molecular formula is C12H12N2O. The molecule has 1 heterocycles. The van der Waals surface area contributed by atoms with Crippen molar-refractivity contribution in [3.8, 4) is 0 Å². The van der Waals surface area contributed by atoms with Crippen molar-refractivity contribution in [2.45, 2.75) is 13.0 Å². The molecule has 1 aromatic heterocycles. The summed E-state index contributed by atoms with van der Waals surface area (Å²) in [5.41, 5.74) is 2.80. The zero-order chi connectivity index (χ0) is 10.5. The van der Waals surface area contributed by atoms with E-state index in [9.17, 15) is 0 Å². The van der Waals surface area contributed by atoms with Gasteiger partial charge in [-0.2, -0.15) is 0 Å². The molecule has 2 rings (SSSR count). The number of aliphatic hydroxyl groups is 1. The summed E-state index contributed by atoms with van der Waals surface area (Å²) >= 11 is 0. The molecule has 1 aromatic carbocycles. The molecule has 0 bridgehead atoms. The molecule has 15 heavy (non-hydrogen) atoms. The topological polar surface area (TPSA) is 46.0 Å².